The molecular formula is C36H56FeP2-6. The van der Waals surface area contributed by atoms with E-state index >= 15 is 0 Å². The van der Waals surface area contributed by atoms with Gasteiger partial charge in [-0.15, -0.1) is 18.8 Å². The van der Waals surface area contributed by atoms with Crippen LogP contribution in [-0.2, 0) is 17.1 Å². The van der Waals surface area contributed by atoms with E-state index in [-0.39, 0.29) is 32.9 Å². The molecule has 0 radical (unpaired) electrons. The largest absolute Gasteiger partial charge is 0.748 e. The van der Waals surface area contributed by atoms with Crippen LogP contribution in [0, 0.1) is 0 Å². The Kier molecular flexibility index (Phi) is 14.2. The Morgan fingerprint density at radius 2 is 0.949 bits per heavy atom. The Bertz CT molecular complexity index is 811. The molecule has 6 rings (SSSR count). The Balaban J connectivity index is 0.000000530. The molecule has 1 unspecified atom stereocenters. The summed E-state index contributed by atoms with van der Waals surface area (Å²) in [6.45, 7) is 2.73. The molecule has 0 amide bonds. The fourth-order valence-corrected chi connectivity index (χ4v) is 17.1. The molecule has 4 aliphatic carbocycles. The molecule has 0 aliphatic heterocycles. The van der Waals surface area contributed by atoms with Crippen LogP contribution in [0.1, 0.15) is 147 Å². The maximum atomic E-state index is 2.73. The quantitative estimate of drug-likeness (QED) is 0.167. The van der Waals surface area contributed by atoms with E-state index in [0.717, 1.165) is 28.3 Å². The van der Waals surface area contributed by atoms with Gasteiger partial charge in [-0.3, -0.25) is 0 Å². The second kappa shape index (κ2) is 17.3. The molecule has 2 aromatic carbocycles. The van der Waals surface area contributed by atoms with Crippen LogP contribution < -0.4 is 5.30 Å². The van der Waals surface area contributed by atoms with E-state index in [4.69, 9.17) is 0 Å². The minimum absolute atomic E-state index is 0. The van der Waals surface area contributed by atoms with Gasteiger partial charge in [-0.25, -0.2) is 12.1 Å². The van der Waals surface area contributed by atoms with E-state index < -0.39 is 0 Å². The Morgan fingerprint density at radius 3 is 1.33 bits per heavy atom. The van der Waals surface area contributed by atoms with Gasteiger partial charge in [-0.2, -0.15) is 6.07 Å². The van der Waals surface area contributed by atoms with Gasteiger partial charge in [0, 0.05) is 17.1 Å². The Morgan fingerprint density at radius 1 is 0.590 bits per heavy atom. The van der Waals surface area contributed by atoms with Crippen molar-refractivity contribution in [3.63, 3.8) is 0 Å². The molecule has 224 valence electrons. The van der Waals surface area contributed by atoms with Crippen molar-refractivity contribution in [1.29, 1.82) is 0 Å². The monoisotopic (exact) mass is 606 g/mol. The van der Waals surface area contributed by atoms with Crippen molar-refractivity contribution in [3.8, 4) is 0 Å². The number of hydrogen-bond donors (Lipinski definition) is 0. The summed E-state index contributed by atoms with van der Waals surface area (Å²) in [6, 6.07) is 17.8. The maximum absolute atomic E-state index is 2.73. The number of hydrogen-bond acceptors (Lipinski definition) is 0. The van der Waals surface area contributed by atoms with Gasteiger partial charge in [0.1, 0.15) is 0 Å². The van der Waals surface area contributed by atoms with Crippen LogP contribution in [0.25, 0.3) is 0 Å². The molecule has 0 spiro atoms. The summed E-state index contributed by atoms with van der Waals surface area (Å²) in [5, 5.41) is 1.93. The van der Waals surface area contributed by atoms with Crippen molar-refractivity contribution >= 4 is 21.1 Å². The minimum atomic E-state index is 0. The predicted molar refractivity (Wildman–Crippen MR) is 173 cm³/mol. The van der Waals surface area contributed by atoms with E-state index in [1.54, 1.807) is 51.4 Å². The van der Waals surface area contributed by atoms with E-state index in [2.05, 4.69) is 25.1 Å². The summed E-state index contributed by atoms with van der Waals surface area (Å²) in [5.41, 5.74) is 6.96. The maximum Gasteiger partial charge on any atom is 0 e. The fraction of sp³-hybridized carbons (Fsp3) is 0.722. The van der Waals surface area contributed by atoms with Crippen molar-refractivity contribution in [1.82, 2.24) is 0 Å². The van der Waals surface area contributed by atoms with Gasteiger partial charge in [-0.1, -0.05) is 91.9 Å². The van der Waals surface area contributed by atoms with Crippen LogP contribution in [-0.4, -0.2) is 22.6 Å². The Hall–Kier alpha value is 0.0795. The summed E-state index contributed by atoms with van der Waals surface area (Å²) in [5.74, 6) is 0. The molecule has 0 nitrogen and oxygen atoms in total. The van der Waals surface area contributed by atoms with Crippen molar-refractivity contribution in [2.24, 2.45) is 0 Å². The third kappa shape index (κ3) is 8.79. The van der Waals surface area contributed by atoms with E-state index in [1.165, 1.54) is 77.0 Å². The topological polar surface area (TPSA) is 0 Å². The van der Waals surface area contributed by atoms with Crippen LogP contribution in [0.4, 0.5) is 0 Å². The molecule has 4 saturated carbocycles. The van der Waals surface area contributed by atoms with E-state index in [9.17, 15) is 0 Å². The van der Waals surface area contributed by atoms with Gasteiger partial charge in [0.25, 0.3) is 0 Å². The zero-order chi connectivity index (χ0) is 26.0. The van der Waals surface area contributed by atoms with Crippen LogP contribution in [0.3, 0.4) is 0 Å². The fourth-order valence-electron chi connectivity index (χ4n) is 8.59. The van der Waals surface area contributed by atoms with Gasteiger partial charge in [0.05, 0.1) is 0 Å². The summed E-state index contributed by atoms with van der Waals surface area (Å²) in [4.78, 5) is 0. The normalized spacial score (nSPS) is 23.3. The average molecular weight is 607 g/mol. The van der Waals surface area contributed by atoms with Gasteiger partial charge < -0.3 is 30.3 Å². The average Bonchev–Trinajstić information content (AvgIpc) is 3.72. The van der Waals surface area contributed by atoms with Crippen LogP contribution >= 0.6 is 15.8 Å². The minimum Gasteiger partial charge on any atom is -0.748 e. The molecule has 4 aliphatic rings. The number of rotatable bonds is 7. The van der Waals surface area contributed by atoms with Gasteiger partial charge in [0.2, 0.25) is 0 Å². The molecule has 0 N–H and O–H groups in total. The van der Waals surface area contributed by atoms with Crippen LogP contribution in [0.2, 0.25) is 0 Å². The van der Waals surface area contributed by atoms with E-state index in [0.29, 0.717) is 0 Å². The molecular weight excluding hydrogens is 550 g/mol. The molecule has 4 fully saturated rings. The Labute approximate surface area is 255 Å². The van der Waals surface area contributed by atoms with Crippen molar-refractivity contribution in [3.05, 3.63) is 54.1 Å². The second-order valence-corrected chi connectivity index (χ2v) is 18.9. The molecule has 0 aromatic heterocycles. The third-order valence-corrected chi connectivity index (χ3v) is 17.9. The first-order valence-corrected chi connectivity index (χ1v) is 19.8. The standard InChI is InChI=1S/C31H51P2.C5H5.Fe/c1-25(32(26-15-6-2-7-16-26)27-17-8-3-9-18-27)30-23-14-24-31(30)33(28-19-10-4-11-20-28)29-21-12-5-13-22-29;1-2-4-5-3-1;/h14,23-29H,2-13,15-22H2,1H3;1-5H;/q-1;-5;. The molecule has 1 atom stereocenters. The molecule has 3 heteroatoms. The van der Waals surface area contributed by atoms with Crippen LogP contribution in [0.15, 0.2) is 48.5 Å². The summed E-state index contributed by atoms with van der Waals surface area (Å²) in [6.07, 6.45) is 30.6. The van der Waals surface area contributed by atoms with Crippen molar-refractivity contribution < 1.29 is 17.1 Å². The smallest absolute Gasteiger partial charge is 0 e. The van der Waals surface area contributed by atoms with Gasteiger partial charge in [-0.05, 0) is 79.7 Å². The molecule has 0 heterocycles. The summed E-state index contributed by atoms with van der Waals surface area (Å²) in [7, 11) is 0.168. The zero-order valence-electron chi connectivity index (χ0n) is 24.9. The molecule has 0 saturated heterocycles. The summed E-state index contributed by atoms with van der Waals surface area (Å²) >= 11 is 0. The summed E-state index contributed by atoms with van der Waals surface area (Å²) < 4.78 is 0. The third-order valence-electron chi connectivity index (χ3n) is 10.5. The van der Waals surface area contributed by atoms with Crippen molar-refractivity contribution in [2.45, 2.75) is 164 Å². The predicted octanol–water partition coefficient (Wildman–Crippen LogP) is 11.8. The first-order chi connectivity index (χ1) is 18.8. The second-order valence-electron chi connectivity index (χ2n) is 13.0. The SMILES string of the molecule is CC([c-]1cccc1P(C1CCCCC1)C1CCCCC1)P(C1CCCCC1)C1CCCCC1.[Fe].[cH-]1[cH-][cH-][cH-][cH-]1. The van der Waals surface area contributed by atoms with Gasteiger partial charge >= 0.3 is 0 Å². The zero-order valence-corrected chi connectivity index (χ0v) is 27.8. The molecule has 39 heavy (non-hydrogen) atoms. The van der Waals surface area contributed by atoms with Gasteiger partial charge in [0.15, 0.2) is 0 Å². The molecule has 0 bridgehead atoms. The van der Waals surface area contributed by atoms with E-state index in [1.807, 2.05) is 41.2 Å². The van der Waals surface area contributed by atoms with Crippen LogP contribution in [0.5, 0.6) is 0 Å². The first kappa shape index (κ1) is 32.0. The van der Waals surface area contributed by atoms with Crippen molar-refractivity contribution in [2.75, 3.05) is 0 Å². The molecule has 2 aromatic rings. The first-order valence-electron chi connectivity index (χ1n) is 16.8.